The summed E-state index contributed by atoms with van der Waals surface area (Å²) in [6.45, 7) is 1.42. The third-order valence-corrected chi connectivity index (χ3v) is 6.60. The first-order valence-electron chi connectivity index (χ1n) is 11.1. The van der Waals surface area contributed by atoms with E-state index in [9.17, 15) is 14.0 Å². The van der Waals surface area contributed by atoms with Crippen molar-refractivity contribution in [2.45, 2.75) is 24.4 Å². The van der Waals surface area contributed by atoms with Crippen molar-refractivity contribution in [3.8, 4) is 5.69 Å². The summed E-state index contributed by atoms with van der Waals surface area (Å²) >= 11 is 1.49. The number of carbonyl (C=O) groups is 2. The molecule has 2 aromatic carbocycles. The molecule has 0 unspecified atom stereocenters. The second kappa shape index (κ2) is 10.7. The number of thioether (sulfide) groups is 1. The van der Waals surface area contributed by atoms with Crippen LogP contribution in [0.5, 0.6) is 0 Å². The fraction of sp³-hybridized carbons (Fsp3) is 0.320. The summed E-state index contributed by atoms with van der Waals surface area (Å²) in [7, 11) is 0. The fourth-order valence-corrected chi connectivity index (χ4v) is 4.67. The highest BCUT2D eigenvalue weighted by atomic mass is 32.2. The minimum absolute atomic E-state index is 0.0302. The summed E-state index contributed by atoms with van der Waals surface area (Å²) in [6.07, 6.45) is 5.23. The monoisotopic (exact) mass is 466 g/mol. The van der Waals surface area contributed by atoms with E-state index in [-0.39, 0.29) is 23.5 Å². The smallest absolute Gasteiger partial charge is 0.272 e. The predicted molar refractivity (Wildman–Crippen MR) is 127 cm³/mol. The van der Waals surface area contributed by atoms with Gasteiger partial charge in [0.25, 0.3) is 5.91 Å². The summed E-state index contributed by atoms with van der Waals surface area (Å²) in [5.74, 6) is -0.504. The molecule has 1 aliphatic heterocycles. The Bertz CT molecular complexity index is 1110. The molecule has 2 amide bonds. The highest BCUT2D eigenvalue weighted by molar-refractivity contribution is 7.98. The third-order valence-electron chi connectivity index (χ3n) is 5.95. The third kappa shape index (κ3) is 5.27. The molecule has 33 heavy (non-hydrogen) atoms. The van der Waals surface area contributed by atoms with Crippen LogP contribution < -0.4 is 5.32 Å². The van der Waals surface area contributed by atoms with Crippen LogP contribution in [0, 0.1) is 11.7 Å². The predicted octanol–water partition coefficient (Wildman–Crippen LogP) is 3.94. The zero-order valence-corrected chi connectivity index (χ0v) is 19.4. The molecule has 3 aromatic rings. The van der Waals surface area contributed by atoms with Gasteiger partial charge in [-0.05, 0) is 49.3 Å². The first-order valence-corrected chi connectivity index (χ1v) is 12.3. The minimum atomic E-state index is -0.252. The van der Waals surface area contributed by atoms with Crippen LogP contribution in [0.3, 0.4) is 0 Å². The first-order chi connectivity index (χ1) is 16.1. The Kier molecular flexibility index (Phi) is 7.44. The van der Waals surface area contributed by atoms with Crippen molar-refractivity contribution in [1.29, 1.82) is 0 Å². The normalized spacial score (nSPS) is 14.3. The van der Waals surface area contributed by atoms with Crippen LogP contribution in [-0.4, -0.2) is 52.2 Å². The van der Waals surface area contributed by atoms with Gasteiger partial charge in [-0.15, -0.1) is 0 Å². The molecule has 0 atom stereocenters. The van der Waals surface area contributed by atoms with Gasteiger partial charge in [-0.2, -0.15) is 0 Å². The first kappa shape index (κ1) is 23.0. The van der Waals surface area contributed by atoms with Gasteiger partial charge in [0.1, 0.15) is 11.5 Å². The van der Waals surface area contributed by atoms with Gasteiger partial charge in [-0.25, -0.2) is 9.37 Å². The second-order valence-corrected chi connectivity index (χ2v) is 8.77. The molecule has 1 aliphatic rings. The van der Waals surface area contributed by atoms with E-state index in [0.29, 0.717) is 50.2 Å². The Morgan fingerprint density at radius 3 is 2.48 bits per heavy atom. The molecule has 0 spiro atoms. The van der Waals surface area contributed by atoms with Crippen LogP contribution in [0.4, 0.5) is 4.39 Å². The lowest BCUT2D eigenvalue weighted by Crippen LogP contribution is -2.43. The summed E-state index contributed by atoms with van der Waals surface area (Å²) in [4.78, 5) is 32.1. The molecule has 0 aliphatic carbocycles. The minimum Gasteiger partial charge on any atom is -0.356 e. The Morgan fingerprint density at radius 1 is 1.09 bits per heavy atom. The number of aromatic nitrogens is 2. The summed E-state index contributed by atoms with van der Waals surface area (Å²) in [5.41, 5.74) is 2.02. The molecule has 8 heteroatoms. The van der Waals surface area contributed by atoms with Gasteiger partial charge in [0, 0.05) is 31.2 Å². The Morgan fingerprint density at radius 2 is 1.79 bits per heavy atom. The molecule has 1 aromatic heterocycles. The quantitative estimate of drug-likeness (QED) is 0.536. The Hall–Kier alpha value is -3.13. The van der Waals surface area contributed by atoms with Gasteiger partial charge >= 0.3 is 0 Å². The fourth-order valence-electron chi connectivity index (χ4n) is 4.13. The maximum absolute atomic E-state index is 13.7. The average molecular weight is 467 g/mol. The molecule has 2 heterocycles. The van der Waals surface area contributed by atoms with Crippen LogP contribution in [0.25, 0.3) is 5.69 Å². The average Bonchev–Trinajstić information content (AvgIpc) is 3.29. The van der Waals surface area contributed by atoms with E-state index < -0.39 is 0 Å². The molecule has 1 fully saturated rings. The molecule has 0 bridgehead atoms. The van der Waals surface area contributed by atoms with Gasteiger partial charge in [0.15, 0.2) is 5.16 Å². The molecule has 172 valence electrons. The zero-order valence-electron chi connectivity index (χ0n) is 18.5. The molecule has 0 saturated carbocycles. The van der Waals surface area contributed by atoms with Crippen molar-refractivity contribution in [3.05, 3.63) is 77.9 Å². The van der Waals surface area contributed by atoms with Crippen LogP contribution >= 0.6 is 11.8 Å². The molecule has 1 N–H and O–H groups in total. The van der Waals surface area contributed by atoms with Crippen molar-refractivity contribution >= 4 is 23.6 Å². The molecule has 4 rings (SSSR count). The summed E-state index contributed by atoms with van der Waals surface area (Å²) < 4.78 is 15.6. The second-order valence-electron chi connectivity index (χ2n) is 8.00. The molecule has 1 saturated heterocycles. The number of imidazole rings is 1. The molecular formula is C25H27FN4O2S. The lowest BCUT2D eigenvalue weighted by molar-refractivity contribution is -0.126. The topological polar surface area (TPSA) is 67.2 Å². The molecule has 6 nitrogen and oxygen atoms in total. The lowest BCUT2D eigenvalue weighted by Gasteiger charge is -2.31. The van der Waals surface area contributed by atoms with Crippen LogP contribution in [-0.2, 0) is 11.2 Å². The number of likely N-dealkylation sites (tertiary alicyclic amines) is 1. The maximum Gasteiger partial charge on any atom is 0.272 e. The van der Waals surface area contributed by atoms with Crippen molar-refractivity contribution in [1.82, 2.24) is 19.8 Å². The van der Waals surface area contributed by atoms with E-state index >= 15 is 0 Å². The van der Waals surface area contributed by atoms with Crippen molar-refractivity contribution in [2.75, 3.05) is 25.9 Å². The van der Waals surface area contributed by atoms with Gasteiger partial charge in [-0.3, -0.25) is 14.2 Å². The van der Waals surface area contributed by atoms with E-state index in [1.807, 2.05) is 41.2 Å². The summed E-state index contributed by atoms with van der Waals surface area (Å²) in [6, 6.07) is 16.3. The van der Waals surface area contributed by atoms with E-state index in [4.69, 9.17) is 0 Å². The van der Waals surface area contributed by atoms with Gasteiger partial charge < -0.3 is 10.2 Å². The van der Waals surface area contributed by atoms with E-state index in [2.05, 4.69) is 10.3 Å². The van der Waals surface area contributed by atoms with Crippen molar-refractivity contribution < 1.29 is 14.0 Å². The Balaban J connectivity index is 1.34. The highest BCUT2D eigenvalue weighted by Crippen LogP contribution is 2.25. The van der Waals surface area contributed by atoms with Gasteiger partial charge in [-0.1, -0.05) is 48.2 Å². The van der Waals surface area contributed by atoms with Gasteiger partial charge in [0.2, 0.25) is 5.91 Å². The van der Waals surface area contributed by atoms with Crippen molar-refractivity contribution in [3.63, 3.8) is 0 Å². The standard InChI is InChI=1S/C25H27FN4O2S/c1-33-25-28-17-22(30(25)20-8-3-2-4-9-20)24(32)29-15-12-19(13-16-29)23(31)27-14-11-18-7-5-6-10-21(18)26/h2-10,17,19H,11-16H2,1H3,(H,27,31). The summed E-state index contributed by atoms with van der Waals surface area (Å²) in [5, 5.41) is 3.68. The number of hydrogen-bond acceptors (Lipinski definition) is 4. The number of rotatable bonds is 7. The zero-order chi connectivity index (χ0) is 23.2. The van der Waals surface area contributed by atoms with E-state index in [1.54, 1.807) is 29.3 Å². The number of piperidine rings is 1. The number of carbonyl (C=O) groups excluding carboxylic acids is 2. The largest absolute Gasteiger partial charge is 0.356 e. The highest BCUT2D eigenvalue weighted by Gasteiger charge is 2.29. The number of nitrogens with zero attached hydrogens (tertiary/aromatic N) is 3. The number of hydrogen-bond donors (Lipinski definition) is 1. The lowest BCUT2D eigenvalue weighted by atomic mass is 9.95. The molecule has 0 radical (unpaired) electrons. The number of halogens is 1. The van der Waals surface area contributed by atoms with Crippen LogP contribution in [0.2, 0.25) is 0 Å². The number of amides is 2. The van der Waals surface area contributed by atoms with Crippen LogP contribution in [0.1, 0.15) is 28.9 Å². The van der Waals surface area contributed by atoms with Crippen LogP contribution in [0.15, 0.2) is 66.0 Å². The van der Waals surface area contributed by atoms with Crippen molar-refractivity contribution in [2.24, 2.45) is 5.92 Å². The van der Waals surface area contributed by atoms with Gasteiger partial charge in [0.05, 0.1) is 6.20 Å². The molecular weight excluding hydrogens is 439 g/mol. The SMILES string of the molecule is CSc1ncc(C(=O)N2CCC(C(=O)NCCc3ccccc3F)CC2)n1-c1ccccc1. The number of para-hydroxylation sites is 1. The maximum atomic E-state index is 13.7. The number of benzene rings is 2. The van der Waals surface area contributed by atoms with E-state index in [1.165, 1.54) is 17.8 Å². The van der Waals surface area contributed by atoms with E-state index in [0.717, 1.165) is 10.8 Å². The number of nitrogens with one attached hydrogen (secondary N) is 1. The Labute approximate surface area is 197 Å².